The molecule has 0 aliphatic heterocycles. The van der Waals surface area contributed by atoms with E-state index in [1.54, 1.807) is 5.43 Å². The van der Waals surface area contributed by atoms with Gasteiger partial charge in [0.2, 0.25) is 5.82 Å². The van der Waals surface area contributed by atoms with Gasteiger partial charge in [-0.25, -0.2) is 26.9 Å². The fourth-order valence-corrected chi connectivity index (χ4v) is 4.39. The van der Waals surface area contributed by atoms with Crippen LogP contribution in [0.5, 0.6) is 0 Å². The second-order valence-corrected chi connectivity index (χ2v) is 9.02. The highest BCUT2D eigenvalue weighted by molar-refractivity contribution is 7.99. The number of aromatic amines is 1. The number of carbonyl (C=O) groups is 1. The number of fused-ring (bicyclic) bond motifs is 1. The van der Waals surface area contributed by atoms with Gasteiger partial charge in [-0.15, -0.1) is 23.1 Å². The van der Waals surface area contributed by atoms with Crippen molar-refractivity contribution in [1.82, 2.24) is 15.4 Å². The van der Waals surface area contributed by atoms with Crippen LogP contribution in [0.1, 0.15) is 23.2 Å². The normalized spacial score (nSPS) is 12.3. The first-order chi connectivity index (χ1) is 14.5. The van der Waals surface area contributed by atoms with Crippen LogP contribution in [0.25, 0.3) is 10.2 Å². The molecule has 3 N–H and O–H groups in total. The van der Waals surface area contributed by atoms with Gasteiger partial charge in [-0.2, -0.15) is 0 Å². The van der Waals surface area contributed by atoms with Crippen LogP contribution >= 0.6 is 23.1 Å². The zero-order chi connectivity index (χ0) is 23.0. The predicted octanol–water partition coefficient (Wildman–Crippen LogP) is 4.06. The van der Waals surface area contributed by atoms with E-state index in [9.17, 15) is 31.5 Å². The van der Waals surface area contributed by atoms with Crippen molar-refractivity contribution in [3.63, 3.8) is 0 Å². The summed E-state index contributed by atoms with van der Waals surface area (Å²) in [5.41, 5.74) is 2.81. The van der Waals surface area contributed by atoms with Gasteiger partial charge in [-0.1, -0.05) is 0 Å². The van der Waals surface area contributed by atoms with Crippen LogP contribution in [0.15, 0.2) is 4.79 Å². The molecule has 6 nitrogen and oxygen atoms in total. The molecule has 1 aromatic carbocycles. The standard InChI is InChI=1S/C18H15F5N4O2S2/c1-5-6(2)31-18-9(5)17(29)24-8(25-18)4-30-7(3)16(28)27-26-15-13(22)11(20)10(19)12(21)14(15)23/h7,26H,4H2,1-3H3,(H,27,28)(H,24,25,29)/t7-/m0/s1. The number of hydrogen-bond acceptors (Lipinski definition) is 6. The smallest absolute Gasteiger partial charge is 0.259 e. The SMILES string of the molecule is Cc1sc2nc(CS[C@@H](C)C(=O)NNc3c(F)c(F)c(F)c(F)c3F)[nH]c(=O)c2c1C. The third-order valence-corrected chi connectivity index (χ3v) is 6.70. The molecule has 0 aliphatic carbocycles. The number of hydrogen-bond donors (Lipinski definition) is 3. The summed E-state index contributed by atoms with van der Waals surface area (Å²) in [6.45, 7) is 5.15. The maximum Gasteiger partial charge on any atom is 0.259 e. The first kappa shape index (κ1) is 23.0. The number of halogens is 5. The number of carbonyl (C=O) groups excluding carboxylic acids is 1. The maximum absolute atomic E-state index is 13.6. The number of aryl methyl sites for hydroxylation is 2. The summed E-state index contributed by atoms with van der Waals surface area (Å²) in [7, 11) is 0. The van der Waals surface area contributed by atoms with Gasteiger partial charge in [-0.3, -0.25) is 20.4 Å². The third-order valence-electron chi connectivity index (χ3n) is 4.45. The Balaban J connectivity index is 1.66. The van der Waals surface area contributed by atoms with Crippen molar-refractivity contribution >= 4 is 44.9 Å². The van der Waals surface area contributed by atoms with E-state index in [4.69, 9.17) is 0 Å². The molecule has 1 atom stereocenters. The number of nitrogens with one attached hydrogen (secondary N) is 3. The lowest BCUT2D eigenvalue weighted by molar-refractivity contribution is -0.119. The zero-order valence-electron chi connectivity index (χ0n) is 16.3. The molecular formula is C18H15F5N4O2S2. The van der Waals surface area contributed by atoms with E-state index in [-0.39, 0.29) is 11.3 Å². The van der Waals surface area contributed by atoms with Gasteiger partial charge in [0, 0.05) is 4.88 Å². The maximum atomic E-state index is 13.6. The first-order valence-electron chi connectivity index (χ1n) is 8.70. The Morgan fingerprint density at radius 1 is 1.10 bits per heavy atom. The molecule has 2 heterocycles. The molecule has 166 valence electrons. The minimum Gasteiger partial charge on any atom is -0.309 e. The summed E-state index contributed by atoms with van der Waals surface area (Å²) < 4.78 is 66.8. The van der Waals surface area contributed by atoms with Gasteiger partial charge in [0.15, 0.2) is 23.3 Å². The van der Waals surface area contributed by atoms with E-state index in [0.717, 1.165) is 22.2 Å². The zero-order valence-corrected chi connectivity index (χ0v) is 17.9. The fourth-order valence-electron chi connectivity index (χ4n) is 2.59. The molecule has 0 saturated heterocycles. The first-order valence-corrected chi connectivity index (χ1v) is 10.6. The average molecular weight is 478 g/mol. The van der Waals surface area contributed by atoms with Crippen molar-refractivity contribution in [2.45, 2.75) is 31.8 Å². The summed E-state index contributed by atoms with van der Waals surface area (Å²) in [6, 6.07) is 0. The van der Waals surface area contributed by atoms with Gasteiger partial charge in [0.1, 0.15) is 16.3 Å². The molecule has 1 amide bonds. The Morgan fingerprint density at radius 3 is 2.29 bits per heavy atom. The quantitative estimate of drug-likeness (QED) is 0.215. The molecule has 0 spiro atoms. The molecule has 2 aromatic heterocycles. The van der Waals surface area contributed by atoms with Crippen molar-refractivity contribution < 1.29 is 26.7 Å². The van der Waals surface area contributed by atoms with Gasteiger partial charge >= 0.3 is 0 Å². The summed E-state index contributed by atoms with van der Waals surface area (Å²) in [5, 5.41) is -0.310. The minimum absolute atomic E-state index is 0.137. The fraction of sp³-hybridized carbons (Fsp3) is 0.278. The van der Waals surface area contributed by atoms with Crippen LogP contribution in [0.3, 0.4) is 0 Å². The van der Waals surface area contributed by atoms with Crippen LogP contribution in [0.4, 0.5) is 27.6 Å². The molecular weight excluding hydrogens is 463 g/mol. The Kier molecular flexibility index (Phi) is 6.55. The van der Waals surface area contributed by atoms with E-state index in [1.807, 2.05) is 19.3 Å². The number of thioether (sulfide) groups is 1. The van der Waals surface area contributed by atoms with Crippen LogP contribution < -0.4 is 16.4 Å². The molecule has 0 saturated carbocycles. The second kappa shape index (κ2) is 8.83. The van der Waals surface area contributed by atoms with Crippen molar-refractivity contribution in [3.8, 4) is 0 Å². The number of thiophene rings is 1. The van der Waals surface area contributed by atoms with Gasteiger partial charge in [0.25, 0.3) is 11.5 Å². The number of benzene rings is 1. The highest BCUT2D eigenvalue weighted by Crippen LogP contribution is 2.28. The van der Waals surface area contributed by atoms with Crippen LogP contribution in [-0.4, -0.2) is 21.1 Å². The molecule has 3 aromatic rings. The van der Waals surface area contributed by atoms with Gasteiger partial charge < -0.3 is 4.98 Å². The lowest BCUT2D eigenvalue weighted by atomic mass is 10.2. The highest BCUT2D eigenvalue weighted by atomic mass is 32.2. The molecule has 31 heavy (non-hydrogen) atoms. The number of H-pyrrole nitrogens is 1. The molecule has 0 bridgehead atoms. The Bertz CT molecular complexity index is 1220. The van der Waals surface area contributed by atoms with Crippen molar-refractivity contribution in [3.05, 3.63) is 55.7 Å². The van der Waals surface area contributed by atoms with E-state index < -0.39 is 45.9 Å². The lowest BCUT2D eigenvalue weighted by Gasteiger charge is -2.15. The topological polar surface area (TPSA) is 86.9 Å². The molecule has 0 fully saturated rings. The van der Waals surface area contributed by atoms with Gasteiger partial charge in [-0.05, 0) is 26.3 Å². The summed E-state index contributed by atoms with van der Waals surface area (Å²) in [6.07, 6.45) is 0. The number of nitrogens with zero attached hydrogens (tertiary/aromatic N) is 1. The largest absolute Gasteiger partial charge is 0.309 e. The number of aromatic nitrogens is 2. The van der Waals surface area contributed by atoms with Crippen molar-refractivity contribution in [2.75, 3.05) is 5.43 Å². The van der Waals surface area contributed by atoms with Crippen molar-refractivity contribution in [2.24, 2.45) is 0 Å². The van der Waals surface area contributed by atoms with E-state index in [2.05, 4.69) is 9.97 Å². The molecule has 3 rings (SSSR count). The Hall–Kier alpha value is -2.67. The lowest BCUT2D eigenvalue weighted by Crippen LogP contribution is -2.36. The highest BCUT2D eigenvalue weighted by Gasteiger charge is 2.26. The van der Waals surface area contributed by atoms with Crippen LogP contribution in [0, 0.1) is 42.9 Å². The summed E-state index contributed by atoms with van der Waals surface area (Å²) in [4.78, 5) is 32.9. The summed E-state index contributed by atoms with van der Waals surface area (Å²) in [5.74, 6) is -11.1. The van der Waals surface area contributed by atoms with Crippen LogP contribution in [0.2, 0.25) is 0 Å². The van der Waals surface area contributed by atoms with Crippen LogP contribution in [-0.2, 0) is 10.5 Å². The second-order valence-electron chi connectivity index (χ2n) is 6.49. The molecule has 0 radical (unpaired) electrons. The monoisotopic (exact) mass is 478 g/mol. The predicted molar refractivity (Wildman–Crippen MR) is 108 cm³/mol. The Morgan fingerprint density at radius 2 is 1.68 bits per heavy atom. The van der Waals surface area contributed by atoms with Gasteiger partial charge in [0.05, 0.1) is 16.4 Å². The number of anilines is 1. The Labute approximate surface area is 180 Å². The number of rotatable bonds is 6. The molecule has 0 aliphatic rings. The third kappa shape index (κ3) is 4.37. The van der Waals surface area contributed by atoms with E-state index in [1.165, 1.54) is 18.3 Å². The molecule has 13 heteroatoms. The minimum atomic E-state index is -2.30. The summed E-state index contributed by atoms with van der Waals surface area (Å²) >= 11 is 2.41. The number of amides is 1. The molecule has 0 unspecified atom stereocenters. The van der Waals surface area contributed by atoms with E-state index in [0.29, 0.717) is 16.0 Å². The average Bonchev–Trinajstić information content (AvgIpc) is 3.02. The van der Waals surface area contributed by atoms with Crippen molar-refractivity contribution in [1.29, 1.82) is 0 Å². The number of hydrazine groups is 1. The van der Waals surface area contributed by atoms with E-state index >= 15 is 0 Å².